The van der Waals surface area contributed by atoms with Gasteiger partial charge in [0, 0.05) is 23.3 Å². The molecule has 0 fully saturated rings. The van der Waals surface area contributed by atoms with E-state index < -0.39 is 10.0 Å². The van der Waals surface area contributed by atoms with Gasteiger partial charge >= 0.3 is 0 Å². The predicted octanol–water partition coefficient (Wildman–Crippen LogP) is 1.03. The second-order valence-corrected chi connectivity index (χ2v) is 6.98. The Morgan fingerprint density at radius 3 is 2.76 bits per heavy atom. The molecule has 4 nitrogen and oxygen atoms in total. The maximum Gasteiger partial charge on any atom is 0.244 e. The fourth-order valence-electron chi connectivity index (χ4n) is 1.42. The molecule has 0 aliphatic carbocycles. The summed E-state index contributed by atoms with van der Waals surface area (Å²) in [5, 5.41) is 3.00. The summed E-state index contributed by atoms with van der Waals surface area (Å²) in [5.41, 5.74) is 0. The van der Waals surface area contributed by atoms with Crippen LogP contribution in [0.3, 0.4) is 0 Å². The Morgan fingerprint density at radius 2 is 2.24 bits per heavy atom. The van der Waals surface area contributed by atoms with E-state index in [2.05, 4.69) is 11.2 Å². The maximum absolute atomic E-state index is 12.2. The van der Waals surface area contributed by atoms with Crippen molar-refractivity contribution in [3.63, 3.8) is 0 Å². The average Bonchev–Trinajstić information content (AvgIpc) is 2.61. The van der Waals surface area contributed by atoms with Crippen LogP contribution in [0.4, 0.5) is 0 Å². The number of nitrogens with zero attached hydrogens (tertiary/aromatic N) is 1. The molecule has 0 spiro atoms. The van der Waals surface area contributed by atoms with Crippen molar-refractivity contribution in [2.24, 2.45) is 0 Å². The van der Waals surface area contributed by atoms with Crippen molar-refractivity contribution in [3.05, 3.63) is 15.8 Å². The van der Waals surface area contributed by atoms with Crippen molar-refractivity contribution < 1.29 is 8.42 Å². The summed E-state index contributed by atoms with van der Waals surface area (Å²) in [6, 6.07) is 1.71. The van der Waals surface area contributed by atoms with Crippen LogP contribution in [0.1, 0.15) is 9.75 Å². The van der Waals surface area contributed by atoms with E-state index in [1.54, 1.807) is 13.0 Å². The van der Waals surface area contributed by atoms with Crippen LogP contribution in [0, 0.1) is 19.3 Å². The third-order valence-corrected chi connectivity index (χ3v) is 5.39. The molecule has 0 saturated heterocycles. The molecule has 0 aliphatic rings. The molecule has 0 aromatic carbocycles. The Bertz CT molecular complexity index is 526. The Labute approximate surface area is 107 Å². The lowest BCUT2D eigenvalue weighted by Crippen LogP contribution is -2.27. The molecule has 0 amide bonds. The van der Waals surface area contributed by atoms with Gasteiger partial charge in [-0.2, -0.15) is 4.31 Å². The van der Waals surface area contributed by atoms with Crippen LogP contribution >= 0.6 is 11.3 Å². The molecule has 1 heterocycles. The largest absolute Gasteiger partial charge is 0.315 e. The standard InChI is InChI=1S/C11H16N2O2S2/c1-5-6-13(4)17(14,15)11-7-10(8-12-3)16-9(11)2/h1,7,12H,6,8H2,2-4H3. The van der Waals surface area contributed by atoms with Crippen molar-refractivity contribution in [2.75, 3.05) is 20.6 Å². The van der Waals surface area contributed by atoms with E-state index in [1.807, 2.05) is 7.05 Å². The van der Waals surface area contributed by atoms with Crippen molar-refractivity contribution in [1.29, 1.82) is 0 Å². The zero-order valence-corrected chi connectivity index (χ0v) is 11.8. The molecule has 0 aliphatic heterocycles. The summed E-state index contributed by atoms with van der Waals surface area (Å²) < 4.78 is 25.5. The molecule has 6 heteroatoms. The number of rotatable bonds is 5. The minimum Gasteiger partial charge on any atom is -0.315 e. The first-order valence-electron chi connectivity index (χ1n) is 5.07. The van der Waals surface area contributed by atoms with Gasteiger partial charge in [-0.3, -0.25) is 0 Å². The van der Waals surface area contributed by atoms with Gasteiger partial charge in [-0.05, 0) is 20.0 Å². The van der Waals surface area contributed by atoms with E-state index >= 15 is 0 Å². The number of sulfonamides is 1. The molecule has 1 aromatic rings. The highest BCUT2D eigenvalue weighted by Gasteiger charge is 2.24. The Balaban J connectivity index is 3.11. The maximum atomic E-state index is 12.2. The number of thiophene rings is 1. The van der Waals surface area contributed by atoms with Crippen LogP contribution in [0.25, 0.3) is 0 Å². The quantitative estimate of drug-likeness (QED) is 0.815. The van der Waals surface area contributed by atoms with Crippen LogP contribution < -0.4 is 5.32 Å². The minimum absolute atomic E-state index is 0.0823. The Hall–Kier alpha value is -0.870. The third-order valence-electron chi connectivity index (χ3n) is 2.28. The first-order chi connectivity index (χ1) is 7.93. The lowest BCUT2D eigenvalue weighted by molar-refractivity contribution is 0.503. The van der Waals surface area contributed by atoms with Crippen LogP contribution in [0.15, 0.2) is 11.0 Å². The second-order valence-electron chi connectivity index (χ2n) is 3.63. The molecule has 94 valence electrons. The molecule has 1 aromatic heterocycles. The van der Waals surface area contributed by atoms with Gasteiger partial charge in [-0.1, -0.05) is 5.92 Å². The first kappa shape index (κ1) is 14.2. The number of hydrogen-bond acceptors (Lipinski definition) is 4. The fraction of sp³-hybridized carbons (Fsp3) is 0.455. The zero-order valence-electron chi connectivity index (χ0n) is 10.1. The number of aryl methyl sites for hydroxylation is 1. The smallest absolute Gasteiger partial charge is 0.244 e. The SMILES string of the molecule is C#CCN(C)S(=O)(=O)c1cc(CNC)sc1C. The van der Waals surface area contributed by atoms with Crippen molar-refractivity contribution >= 4 is 21.4 Å². The van der Waals surface area contributed by atoms with Gasteiger partial charge in [-0.25, -0.2) is 8.42 Å². The van der Waals surface area contributed by atoms with Crippen LogP contribution in [0.2, 0.25) is 0 Å². The molecular formula is C11H16N2O2S2. The summed E-state index contributed by atoms with van der Waals surface area (Å²) in [4.78, 5) is 2.14. The van der Waals surface area contributed by atoms with Crippen LogP contribution in [-0.2, 0) is 16.6 Å². The summed E-state index contributed by atoms with van der Waals surface area (Å²) >= 11 is 1.48. The predicted molar refractivity (Wildman–Crippen MR) is 70.5 cm³/mol. The zero-order chi connectivity index (χ0) is 13.1. The molecule has 0 radical (unpaired) electrons. The fourth-order valence-corrected chi connectivity index (χ4v) is 4.12. The van der Waals surface area contributed by atoms with Gasteiger partial charge in [0.05, 0.1) is 11.4 Å². The molecule has 17 heavy (non-hydrogen) atoms. The van der Waals surface area contributed by atoms with E-state index in [4.69, 9.17) is 6.42 Å². The number of hydrogen-bond donors (Lipinski definition) is 1. The summed E-state index contributed by atoms with van der Waals surface area (Å²) in [7, 11) is -0.139. The Morgan fingerprint density at radius 1 is 1.59 bits per heavy atom. The Kier molecular flexibility index (Phi) is 4.71. The summed E-state index contributed by atoms with van der Waals surface area (Å²) in [6.07, 6.45) is 5.13. The van der Waals surface area contributed by atoms with Crippen molar-refractivity contribution in [1.82, 2.24) is 9.62 Å². The molecule has 0 saturated carbocycles. The van der Waals surface area contributed by atoms with Gasteiger partial charge < -0.3 is 5.32 Å². The van der Waals surface area contributed by atoms with Crippen molar-refractivity contribution in [3.8, 4) is 12.3 Å². The highest BCUT2D eigenvalue weighted by molar-refractivity contribution is 7.89. The molecule has 1 rings (SSSR count). The molecule has 1 N–H and O–H groups in total. The van der Waals surface area contributed by atoms with E-state index in [0.717, 1.165) is 9.75 Å². The van der Waals surface area contributed by atoms with E-state index in [9.17, 15) is 8.42 Å². The van der Waals surface area contributed by atoms with Gasteiger partial charge in [0.1, 0.15) is 0 Å². The average molecular weight is 272 g/mol. The summed E-state index contributed by atoms with van der Waals surface area (Å²) in [6.45, 7) is 2.55. The van der Waals surface area contributed by atoms with E-state index in [-0.39, 0.29) is 6.54 Å². The van der Waals surface area contributed by atoms with Gasteiger partial charge in [0.25, 0.3) is 0 Å². The van der Waals surface area contributed by atoms with E-state index in [0.29, 0.717) is 11.4 Å². The third kappa shape index (κ3) is 3.07. The highest BCUT2D eigenvalue weighted by atomic mass is 32.2. The monoisotopic (exact) mass is 272 g/mol. The van der Waals surface area contributed by atoms with E-state index in [1.165, 1.54) is 22.7 Å². The summed E-state index contributed by atoms with van der Waals surface area (Å²) in [5.74, 6) is 2.33. The van der Waals surface area contributed by atoms with Gasteiger partial charge in [0.2, 0.25) is 10.0 Å². The molecule has 0 atom stereocenters. The lowest BCUT2D eigenvalue weighted by Gasteiger charge is -2.13. The minimum atomic E-state index is -3.46. The van der Waals surface area contributed by atoms with Crippen molar-refractivity contribution in [2.45, 2.75) is 18.4 Å². The van der Waals surface area contributed by atoms with Crippen LogP contribution in [-0.4, -0.2) is 33.4 Å². The van der Waals surface area contributed by atoms with Crippen LogP contribution in [0.5, 0.6) is 0 Å². The highest BCUT2D eigenvalue weighted by Crippen LogP contribution is 2.27. The number of terminal acetylenes is 1. The van der Waals surface area contributed by atoms with Gasteiger partial charge in [-0.15, -0.1) is 17.8 Å². The molecule has 0 bridgehead atoms. The molecule has 0 unspecified atom stereocenters. The van der Waals surface area contributed by atoms with Gasteiger partial charge in [0.15, 0.2) is 0 Å². The lowest BCUT2D eigenvalue weighted by atomic mass is 10.4. The normalized spacial score (nSPS) is 11.7. The second kappa shape index (κ2) is 5.65. The molecular weight excluding hydrogens is 256 g/mol. The topological polar surface area (TPSA) is 49.4 Å². The first-order valence-corrected chi connectivity index (χ1v) is 7.32. The number of nitrogens with one attached hydrogen (secondary N) is 1.